The van der Waals surface area contributed by atoms with E-state index in [1.807, 2.05) is 0 Å². The van der Waals surface area contributed by atoms with E-state index in [0.717, 1.165) is 0 Å². The average molecular weight is 1120 g/mol. The molecule has 0 bridgehead atoms. The molecule has 4 nitrogen and oxygen atoms in total. The smallest absolute Gasteiger partial charge is 0.141 e. The highest BCUT2D eigenvalue weighted by Gasteiger charge is 2.32. The molecule has 0 N–H and O–H groups in total. The molecule has 15 aromatic rings. The van der Waals surface area contributed by atoms with Gasteiger partial charge in [-0.05, 0) is 81.6 Å². The van der Waals surface area contributed by atoms with Gasteiger partial charge in [-0.2, -0.15) is 0 Å². The molecular weight excluding hydrogens is 1050 g/mol. The van der Waals surface area contributed by atoms with Gasteiger partial charge in [0.15, 0.2) is 0 Å². The highest BCUT2D eigenvalue weighted by atomic mass is 15.2. The van der Waals surface area contributed by atoms with Gasteiger partial charge in [0.2, 0.25) is 0 Å². The van der Waals surface area contributed by atoms with Crippen LogP contribution in [0.3, 0.4) is 0 Å². The quantitative estimate of drug-likeness (QED) is 0.217. The van der Waals surface area contributed by atoms with Gasteiger partial charge in [0.1, 0.15) is 78.5 Å². The molecule has 0 fully saturated rings. The van der Waals surface area contributed by atoms with E-state index in [2.05, 4.69) is 321 Å². The summed E-state index contributed by atoms with van der Waals surface area (Å²) >= 11 is 0. The monoisotopic (exact) mass is 1120 g/mol. The molecule has 414 valence electrons. The lowest BCUT2D eigenvalue weighted by molar-refractivity contribution is 0.590. The van der Waals surface area contributed by atoms with E-state index in [9.17, 15) is 0 Å². The zero-order valence-corrected chi connectivity index (χ0v) is 54.1. The second-order valence-corrected chi connectivity index (χ2v) is 27.6. The fraction of sp³-hybridized carbons (Fsp3) is 0.108. The summed E-state index contributed by atoms with van der Waals surface area (Å²) in [7, 11) is 23.2. The zero-order chi connectivity index (χ0) is 61.3. The Labute approximate surface area is 526 Å². The first-order chi connectivity index (χ1) is 42.1. The van der Waals surface area contributed by atoms with Gasteiger partial charge in [0.05, 0.1) is 55.8 Å². The summed E-state index contributed by atoms with van der Waals surface area (Å²) in [6.45, 7) is 13.9. The van der Waals surface area contributed by atoms with Crippen molar-refractivity contribution >= 4 is 243 Å². The lowest BCUT2D eigenvalue weighted by atomic mass is 9.61. The molecule has 0 radical (unpaired) electrons. The molecule has 0 amide bonds. The highest BCUT2D eigenvalue weighted by Crippen LogP contribution is 2.52. The normalized spacial score (nSPS) is 12.4. The molecule has 4 aromatic heterocycles. The largest absolute Gasteiger partial charge is 0.310 e. The Morgan fingerprint density at radius 2 is 0.625 bits per heavy atom. The summed E-state index contributed by atoms with van der Waals surface area (Å²) in [5.74, 6) is 0. The van der Waals surface area contributed by atoms with E-state index < -0.39 is 0 Å². The van der Waals surface area contributed by atoms with Crippen molar-refractivity contribution in [2.24, 2.45) is 0 Å². The Kier molecular flexibility index (Phi) is 12.6. The molecule has 11 aromatic carbocycles. The maximum absolute atomic E-state index is 2.63. The minimum atomic E-state index is -0.00459. The van der Waals surface area contributed by atoms with Gasteiger partial charge in [-0.25, -0.2) is 0 Å². The molecule has 0 saturated carbocycles. The Morgan fingerprint density at radius 1 is 0.284 bits per heavy atom. The summed E-state index contributed by atoms with van der Waals surface area (Å²) in [6.07, 6.45) is 0. The Bertz CT molecular complexity index is 5060. The number of rotatable bonds is 8. The minimum absolute atomic E-state index is 0.00459. The van der Waals surface area contributed by atoms with Crippen LogP contribution >= 0.6 is 0 Å². The molecule has 0 saturated heterocycles. The molecule has 0 aliphatic heterocycles. The Balaban J connectivity index is 1.02. The van der Waals surface area contributed by atoms with Gasteiger partial charge in [0.25, 0.3) is 0 Å². The predicted octanol–water partition coefficient (Wildman–Crippen LogP) is 3.44. The standard InChI is InChI=1S/C74H68B10N4/c1-73(2,3)39-19-15-17-37(33-39)41-21-7-11-25-49(41)85(71-65(81)61(77)59(75)62(78)66(71)82)53-31-29-43-47-35-56-48(36-55(47)87-51-27-13-9-23-45(51)57(53)69(43)87)44-30-32-54(58-46-24-10-14-28-52(46)88(56)70(44)58)86(72-67(83)63(79)60(76)64(80)68(72)84)50-26-12-8-22-42(50)38-18-16-20-40(34-38)74(4,5)6/h7-36H,75-84H2,1-6H3. The van der Waals surface area contributed by atoms with Crippen molar-refractivity contribution in [3.8, 4) is 22.3 Å². The molecule has 0 aliphatic carbocycles. The molecule has 0 spiro atoms. The van der Waals surface area contributed by atoms with E-state index in [-0.39, 0.29) is 10.8 Å². The van der Waals surface area contributed by atoms with Crippen molar-refractivity contribution in [3.05, 3.63) is 193 Å². The molecular formula is C74H68B10N4. The van der Waals surface area contributed by atoms with Crippen LogP contribution in [0.25, 0.3) is 98.4 Å². The maximum Gasteiger partial charge on any atom is 0.141 e. The van der Waals surface area contributed by atoms with E-state index >= 15 is 0 Å². The average Bonchev–Trinajstić information content (AvgIpc) is 1.54. The first-order valence-electron chi connectivity index (χ1n) is 31.6. The second-order valence-electron chi connectivity index (χ2n) is 27.6. The first kappa shape index (κ1) is 55.8. The van der Waals surface area contributed by atoms with Crippen LogP contribution in [0.2, 0.25) is 0 Å². The second kappa shape index (κ2) is 19.9. The molecule has 0 aliphatic rings. The van der Waals surface area contributed by atoms with Gasteiger partial charge >= 0.3 is 0 Å². The lowest BCUT2D eigenvalue weighted by Gasteiger charge is -2.34. The number of benzene rings is 11. The fourth-order valence-electron chi connectivity index (χ4n) is 15.3. The number of fused-ring (bicyclic) bond motifs is 12. The minimum Gasteiger partial charge on any atom is -0.310 e. The molecule has 15 rings (SSSR count). The van der Waals surface area contributed by atoms with Crippen LogP contribution in [0.4, 0.5) is 34.1 Å². The summed E-state index contributed by atoms with van der Waals surface area (Å²) in [6, 6.07) is 69.7. The van der Waals surface area contributed by atoms with Crippen molar-refractivity contribution in [2.45, 2.75) is 52.4 Å². The number of aromatic nitrogens is 2. The van der Waals surface area contributed by atoms with Gasteiger partial charge in [-0.1, -0.05) is 219 Å². The number of nitrogens with zero attached hydrogens (tertiary/aromatic N) is 4. The van der Waals surface area contributed by atoms with Crippen molar-refractivity contribution in [1.82, 2.24) is 8.80 Å². The summed E-state index contributed by atoms with van der Waals surface area (Å²) < 4.78 is 5.19. The number of hydrogen-bond donors (Lipinski definition) is 0. The van der Waals surface area contributed by atoms with Crippen LogP contribution in [0.1, 0.15) is 52.7 Å². The molecule has 0 unspecified atom stereocenters. The fourth-order valence-corrected chi connectivity index (χ4v) is 15.3. The molecule has 0 atom stereocenters. The number of hydrogen-bond acceptors (Lipinski definition) is 2. The van der Waals surface area contributed by atoms with Crippen LogP contribution in [0.5, 0.6) is 0 Å². The third-order valence-corrected chi connectivity index (χ3v) is 21.0. The number of para-hydroxylation sites is 4. The van der Waals surface area contributed by atoms with Gasteiger partial charge in [0, 0.05) is 65.6 Å². The molecule has 14 heteroatoms. The van der Waals surface area contributed by atoms with Crippen LogP contribution in [0.15, 0.2) is 182 Å². The summed E-state index contributed by atoms with van der Waals surface area (Å²) in [4.78, 5) is 5.26. The van der Waals surface area contributed by atoms with E-state index in [1.165, 1.54) is 198 Å². The molecule has 4 heterocycles. The SMILES string of the molecule is Bc1c(B)c(B)c(N(c2ccccc2-c2cccc(C(C)(C)C)c2)c2ccc3c4cc5c(cc4n4c6ccccc6c2c34)c2ccc(N(c3ccccc3-c3cccc(C(C)(C)C)c3)c3c(B)c(B)c(B)c(B)c3B)c3c4ccccc4n5c23)c(B)c1B. The highest BCUT2D eigenvalue weighted by molar-refractivity contribution is 6.70. The predicted molar refractivity (Wildman–Crippen MR) is 415 cm³/mol. The van der Waals surface area contributed by atoms with Crippen molar-refractivity contribution in [3.63, 3.8) is 0 Å². The molecule has 88 heavy (non-hydrogen) atoms. The Morgan fingerprint density at radius 3 is 1.00 bits per heavy atom. The van der Waals surface area contributed by atoms with Crippen LogP contribution in [-0.4, -0.2) is 87.3 Å². The first-order valence-corrected chi connectivity index (χ1v) is 31.6. The third-order valence-electron chi connectivity index (χ3n) is 21.0. The van der Waals surface area contributed by atoms with Crippen molar-refractivity contribution in [1.29, 1.82) is 0 Å². The summed E-state index contributed by atoms with van der Waals surface area (Å²) in [5, 5.41) is 10.0. The van der Waals surface area contributed by atoms with Gasteiger partial charge < -0.3 is 18.6 Å². The van der Waals surface area contributed by atoms with Gasteiger partial charge in [-0.15, -0.1) is 10.9 Å². The van der Waals surface area contributed by atoms with E-state index in [4.69, 9.17) is 0 Å². The number of anilines is 6. The topological polar surface area (TPSA) is 15.3 Å². The third kappa shape index (κ3) is 7.98. The van der Waals surface area contributed by atoms with Crippen LogP contribution in [-0.2, 0) is 10.8 Å². The van der Waals surface area contributed by atoms with Crippen molar-refractivity contribution in [2.75, 3.05) is 9.80 Å². The lowest BCUT2D eigenvalue weighted by Crippen LogP contribution is -2.56. The van der Waals surface area contributed by atoms with Gasteiger partial charge in [-0.3, -0.25) is 0 Å². The van der Waals surface area contributed by atoms with Crippen LogP contribution in [0, 0.1) is 0 Å². The van der Waals surface area contributed by atoms with Crippen molar-refractivity contribution < 1.29 is 0 Å². The zero-order valence-electron chi connectivity index (χ0n) is 54.1. The summed E-state index contributed by atoms with van der Waals surface area (Å²) in [5.41, 5.74) is 35.3. The van der Waals surface area contributed by atoms with E-state index in [0.29, 0.717) is 0 Å². The Hall–Kier alpha value is -8.73. The maximum atomic E-state index is 2.63. The van der Waals surface area contributed by atoms with Crippen LogP contribution < -0.4 is 64.4 Å². The van der Waals surface area contributed by atoms with E-state index in [1.54, 1.807) is 0 Å².